The molecular formula is C15H20N2S. The predicted molar refractivity (Wildman–Crippen MR) is 78.8 cm³/mol. The lowest BCUT2D eigenvalue weighted by Crippen LogP contribution is -2.28. The van der Waals surface area contributed by atoms with Gasteiger partial charge in [-0.15, -0.1) is 11.3 Å². The Hall–Kier alpha value is -0.900. The first kappa shape index (κ1) is 12.2. The van der Waals surface area contributed by atoms with Crippen molar-refractivity contribution in [2.24, 2.45) is 5.73 Å². The van der Waals surface area contributed by atoms with Crippen molar-refractivity contribution in [2.75, 3.05) is 13.1 Å². The third kappa shape index (κ3) is 2.44. The van der Waals surface area contributed by atoms with Crippen LogP contribution in [-0.2, 0) is 13.1 Å². The second kappa shape index (κ2) is 5.39. The summed E-state index contributed by atoms with van der Waals surface area (Å²) in [6, 6.07) is 6.64. The molecule has 1 aromatic carbocycles. The van der Waals surface area contributed by atoms with Gasteiger partial charge in [0, 0.05) is 17.8 Å². The highest BCUT2D eigenvalue weighted by molar-refractivity contribution is 7.17. The first-order chi connectivity index (χ1) is 8.86. The van der Waals surface area contributed by atoms with Crippen LogP contribution in [0.4, 0.5) is 0 Å². The standard InChI is InChI=1S/C15H20N2S/c16-9-12-4-5-14-13(11-18-15(14)8-12)10-17-6-2-1-3-7-17/h4-5,8,11H,1-3,6-7,9-10,16H2. The molecule has 18 heavy (non-hydrogen) atoms. The van der Waals surface area contributed by atoms with Gasteiger partial charge in [-0.1, -0.05) is 18.6 Å². The Labute approximate surface area is 112 Å². The van der Waals surface area contributed by atoms with E-state index in [0.29, 0.717) is 6.54 Å². The summed E-state index contributed by atoms with van der Waals surface area (Å²) in [5.41, 5.74) is 8.41. The molecule has 0 saturated carbocycles. The van der Waals surface area contributed by atoms with E-state index >= 15 is 0 Å². The molecule has 0 unspecified atom stereocenters. The van der Waals surface area contributed by atoms with Gasteiger partial charge in [0.1, 0.15) is 0 Å². The van der Waals surface area contributed by atoms with Gasteiger partial charge in [0.25, 0.3) is 0 Å². The maximum atomic E-state index is 5.69. The molecule has 0 amide bonds. The van der Waals surface area contributed by atoms with Crippen LogP contribution < -0.4 is 5.73 Å². The molecule has 1 saturated heterocycles. The number of piperidine rings is 1. The number of benzene rings is 1. The Bertz CT molecular complexity index is 526. The fourth-order valence-electron chi connectivity index (χ4n) is 2.74. The molecule has 0 aliphatic carbocycles. The highest BCUT2D eigenvalue weighted by Gasteiger charge is 2.12. The van der Waals surface area contributed by atoms with Crippen LogP contribution in [0.15, 0.2) is 23.6 Å². The van der Waals surface area contributed by atoms with Crippen LogP contribution in [0.2, 0.25) is 0 Å². The minimum absolute atomic E-state index is 0.634. The molecule has 1 aromatic heterocycles. The molecule has 2 nitrogen and oxygen atoms in total. The van der Waals surface area contributed by atoms with Crippen LogP contribution in [0, 0.1) is 0 Å². The Balaban J connectivity index is 1.83. The lowest BCUT2D eigenvalue weighted by molar-refractivity contribution is 0.222. The average molecular weight is 260 g/mol. The molecule has 0 bridgehead atoms. The molecule has 3 rings (SSSR count). The molecule has 0 radical (unpaired) electrons. The number of likely N-dealkylation sites (tertiary alicyclic amines) is 1. The molecule has 2 aromatic rings. The maximum absolute atomic E-state index is 5.69. The Morgan fingerprint density at radius 1 is 1.17 bits per heavy atom. The van der Waals surface area contributed by atoms with E-state index in [2.05, 4.69) is 28.5 Å². The van der Waals surface area contributed by atoms with Gasteiger partial charge in [0.2, 0.25) is 0 Å². The summed E-state index contributed by atoms with van der Waals surface area (Å²) in [4.78, 5) is 2.59. The van der Waals surface area contributed by atoms with E-state index in [1.165, 1.54) is 53.6 Å². The van der Waals surface area contributed by atoms with Crippen molar-refractivity contribution in [1.82, 2.24) is 4.90 Å². The van der Waals surface area contributed by atoms with Crippen LogP contribution in [0.25, 0.3) is 10.1 Å². The van der Waals surface area contributed by atoms with E-state index in [4.69, 9.17) is 5.73 Å². The fraction of sp³-hybridized carbons (Fsp3) is 0.467. The largest absolute Gasteiger partial charge is 0.326 e. The van der Waals surface area contributed by atoms with Crippen molar-refractivity contribution in [1.29, 1.82) is 0 Å². The van der Waals surface area contributed by atoms with Crippen LogP contribution in [-0.4, -0.2) is 18.0 Å². The van der Waals surface area contributed by atoms with Crippen LogP contribution in [0.1, 0.15) is 30.4 Å². The molecule has 2 heterocycles. The lowest BCUT2D eigenvalue weighted by atomic mass is 10.1. The van der Waals surface area contributed by atoms with Gasteiger partial charge in [0.15, 0.2) is 0 Å². The van der Waals surface area contributed by atoms with Crippen LogP contribution in [0.5, 0.6) is 0 Å². The van der Waals surface area contributed by atoms with Crippen molar-refractivity contribution in [3.05, 3.63) is 34.7 Å². The fourth-order valence-corrected chi connectivity index (χ4v) is 3.75. The SMILES string of the molecule is NCc1ccc2c(CN3CCCCC3)csc2c1. The maximum Gasteiger partial charge on any atom is 0.0349 e. The highest BCUT2D eigenvalue weighted by Crippen LogP contribution is 2.28. The molecule has 0 spiro atoms. The van der Waals surface area contributed by atoms with E-state index in [1.54, 1.807) is 0 Å². The third-order valence-corrected chi connectivity index (χ3v) is 4.79. The van der Waals surface area contributed by atoms with E-state index in [0.717, 1.165) is 6.54 Å². The molecule has 2 N–H and O–H groups in total. The minimum Gasteiger partial charge on any atom is -0.326 e. The predicted octanol–water partition coefficient (Wildman–Crippen LogP) is 3.35. The van der Waals surface area contributed by atoms with Crippen LogP contribution in [0.3, 0.4) is 0 Å². The van der Waals surface area contributed by atoms with Gasteiger partial charge in [-0.25, -0.2) is 0 Å². The molecule has 1 fully saturated rings. The zero-order valence-electron chi connectivity index (χ0n) is 10.7. The second-order valence-electron chi connectivity index (χ2n) is 5.13. The number of fused-ring (bicyclic) bond motifs is 1. The van der Waals surface area contributed by atoms with Crippen molar-refractivity contribution >= 4 is 21.4 Å². The van der Waals surface area contributed by atoms with Gasteiger partial charge < -0.3 is 5.73 Å². The monoisotopic (exact) mass is 260 g/mol. The number of hydrogen-bond donors (Lipinski definition) is 1. The molecule has 1 aliphatic heterocycles. The first-order valence-corrected chi connectivity index (χ1v) is 7.66. The number of thiophene rings is 1. The summed E-state index contributed by atoms with van der Waals surface area (Å²) in [5.74, 6) is 0. The second-order valence-corrected chi connectivity index (χ2v) is 6.04. The molecule has 1 aliphatic rings. The Morgan fingerprint density at radius 2 is 2.00 bits per heavy atom. The van der Waals surface area contributed by atoms with Crippen LogP contribution >= 0.6 is 11.3 Å². The van der Waals surface area contributed by atoms with Crippen molar-refractivity contribution in [2.45, 2.75) is 32.4 Å². The van der Waals surface area contributed by atoms with Gasteiger partial charge >= 0.3 is 0 Å². The quantitative estimate of drug-likeness (QED) is 0.917. The highest BCUT2D eigenvalue weighted by atomic mass is 32.1. The van der Waals surface area contributed by atoms with E-state index in [-0.39, 0.29) is 0 Å². The van der Waals surface area contributed by atoms with E-state index in [9.17, 15) is 0 Å². The summed E-state index contributed by atoms with van der Waals surface area (Å²) in [5, 5.41) is 3.74. The first-order valence-electron chi connectivity index (χ1n) is 6.78. The molecule has 0 atom stereocenters. The molecule has 96 valence electrons. The van der Waals surface area contributed by atoms with Gasteiger partial charge in [-0.3, -0.25) is 4.90 Å². The zero-order valence-corrected chi connectivity index (χ0v) is 11.5. The summed E-state index contributed by atoms with van der Waals surface area (Å²) >= 11 is 1.85. The Morgan fingerprint density at radius 3 is 2.78 bits per heavy atom. The van der Waals surface area contributed by atoms with Crippen molar-refractivity contribution in [3.63, 3.8) is 0 Å². The number of nitrogens with zero attached hydrogens (tertiary/aromatic N) is 1. The number of nitrogens with two attached hydrogens (primary N) is 1. The topological polar surface area (TPSA) is 29.3 Å². The zero-order chi connectivity index (χ0) is 12.4. The Kier molecular flexibility index (Phi) is 3.64. The summed E-state index contributed by atoms with van der Waals surface area (Å²) in [7, 11) is 0. The summed E-state index contributed by atoms with van der Waals surface area (Å²) in [6.45, 7) is 4.27. The van der Waals surface area contributed by atoms with E-state index in [1.807, 2.05) is 11.3 Å². The van der Waals surface area contributed by atoms with Gasteiger partial charge in [-0.2, -0.15) is 0 Å². The van der Waals surface area contributed by atoms with Gasteiger partial charge in [0.05, 0.1) is 0 Å². The third-order valence-electron chi connectivity index (χ3n) is 3.80. The lowest BCUT2D eigenvalue weighted by Gasteiger charge is -2.26. The molecule has 3 heteroatoms. The average Bonchev–Trinajstić information content (AvgIpc) is 2.82. The summed E-state index contributed by atoms with van der Waals surface area (Å²) in [6.07, 6.45) is 4.12. The minimum atomic E-state index is 0.634. The number of rotatable bonds is 3. The van der Waals surface area contributed by atoms with Crippen molar-refractivity contribution in [3.8, 4) is 0 Å². The summed E-state index contributed by atoms with van der Waals surface area (Å²) < 4.78 is 1.38. The van der Waals surface area contributed by atoms with Gasteiger partial charge in [-0.05, 0) is 53.9 Å². The van der Waals surface area contributed by atoms with Crippen molar-refractivity contribution < 1.29 is 0 Å². The molecular weight excluding hydrogens is 240 g/mol. The van der Waals surface area contributed by atoms with E-state index < -0.39 is 0 Å². The normalized spacial score (nSPS) is 17.4. The smallest absolute Gasteiger partial charge is 0.0349 e. The number of hydrogen-bond acceptors (Lipinski definition) is 3.